The Morgan fingerprint density at radius 1 is 1.45 bits per heavy atom. The predicted octanol–water partition coefficient (Wildman–Crippen LogP) is 0.399. The molecule has 2 aliphatic heterocycles. The summed E-state index contributed by atoms with van der Waals surface area (Å²) in [4.78, 5) is 16.9. The van der Waals surface area contributed by atoms with Crippen molar-refractivity contribution in [2.45, 2.75) is 57.7 Å². The number of rotatable bonds is 6. The number of nitrogens with one attached hydrogen (secondary N) is 1. The molecule has 0 aromatic carbocycles. The van der Waals surface area contributed by atoms with Gasteiger partial charge in [0.2, 0.25) is 5.91 Å². The van der Waals surface area contributed by atoms with Gasteiger partial charge in [0, 0.05) is 31.7 Å². The molecule has 0 saturated carbocycles. The molecule has 2 rings (SSSR count). The lowest BCUT2D eigenvalue weighted by atomic mass is 9.97. The molecule has 2 saturated heterocycles. The van der Waals surface area contributed by atoms with Gasteiger partial charge in [-0.3, -0.25) is 14.6 Å². The van der Waals surface area contributed by atoms with Crippen LogP contribution in [0.2, 0.25) is 0 Å². The molecule has 3 unspecified atom stereocenters. The number of hydrogen-bond acceptors (Lipinski definition) is 4. The molecule has 0 aromatic heterocycles. The van der Waals surface area contributed by atoms with Crippen LogP contribution in [0.15, 0.2) is 0 Å². The first-order chi connectivity index (χ1) is 9.46. The fraction of sp³-hybridized carbons (Fsp3) is 0.933. The monoisotopic (exact) mass is 282 g/mol. The molecule has 2 aliphatic rings. The van der Waals surface area contributed by atoms with Crippen molar-refractivity contribution in [2.24, 2.45) is 5.73 Å². The van der Waals surface area contributed by atoms with E-state index in [0.717, 1.165) is 26.1 Å². The number of primary amides is 1. The van der Waals surface area contributed by atoms with Crippen LogP contribution in [-0.4, -0.2) is 66.1 Å². The summed E-state index contributed by atoms with van der Waals surface area (Å²) in [5.74, 6) is -0.244. The van der Waals surface area contributed by atoms with E-state index in [1.807, 2.05) is 6.92 Å². The lowest BCUT2D eigenvalue weighted by Gasteiger charge is -2.45. The maximum Gasteiger partial charge on any atom is 0.238 e. The van der Waals surface area contributed by atoms with E-state index in [2.05, 4.69) is 29.0 Å². The second-order valence-electron chi connectivity index (χ2n) is 6.69. The predicted molar refractivity (Wildman–Crippen MR) is 81.5 cm³/mol. The third-order valence-electron chi connectivity index (χ3n) is 4.89. The van der Waals surface area contributed by atoms with E-state index >= 15 is 0 Å². The Morgan fingerprint density at radius 2 is 2.20 bits per heavy atom. The van der Waals surface area contributed by atoms with Gasteiger partial charge in [0.25, 0.3) is 0 Å². The van der Waals surface area contributed by atoms with Crippen LogP contribution >= 0.6 is 0 Å². The highest BCUT2D eigenvalue weighted by atomic mass is 16.1. The van der Waals surface area contributed by atoms with Gasteiger partial charge < -0.3 is 11.1 Å². The molecule has 0 aliphatic carbocycles. The van der Waals surface area contributed by atoms with Crippen molar-refractivity contribution in [2.75, 3.05) is 32.7 Å². The van der Waals surface area contributed by atoms with Gasteiger partial charge in [0.05, 0.1) is 0 Å². The van der Waals surface area contributed by atoms with Crippen molar-refractivity contribution in [3.8, 4) is 0 Å². The number of carbonyl (C=O) groups excluding carboxylic acids is 1. The summed E-state index contributed by atoms with van der Waals surface area (Å²) in [6.45, 7) is 11.3. The molecule has 2 heterocycles. The lowest BCUT2D eigenvalue weighted by Crippen LogP contribution is -2.64. The number of nitrogens with zero attached hydrogens (tertiary/aromatic N) is 2. The highest BCUT2D eigenvalue weighted by Gasteiger charge is 2.39. The quantitative estimate of drug-likeness (QED) is 0.740. The van der Waals surface area contributed by atoms with Crippen molar-refractivity contribution in [1.29, 1.82) is 0 Å². The lowest BCUT2D eigenvalue weighted by molar-refractivity contribution is -0.125. The van der Waals surface area contributed by atoms with Crippen molar-refractivity contribution in [3.63, 3.8) is 0 Å². The van der Waals surface area contributed by atoms with Crippen LogP contribution in [0.3, 0.4) is 0 Å². The van der Waals surface area contributed by atoms with Gasteiger partial charge in [0.15, 0.2) is 0 Å². The minimum absolute atomic E-state index is 0.244. The van der Waals surface area contributed by atoms with Gasteiger partial charge in [-0.2, -0.15) is 0 Å². The average molecular weight is 282 g/mol. The van der Waals surface area contributed by atoms with Gasteiger partial charge in [-0.15, -0.1) is 0 Å². The molecule has 5 nitrogen and oxygen atoms in total. The molecule has 5 heteroatoms. The third kappa shape index (κ3) is 3.32. The van der Waals surface area contributed by atoms with Crippen molar-refractivity contribution in [1.82, 2.24) is 15.1 Å². The van der Waals surface area contributed by atoms with Gasteiger partial charge in [-0.25, -0.2) is 0 Å². The molecular formula is C15H30N4O. The summed E-state index contributed by atoms with van der Waals surface area (Å²) in [6.07, 6.45) is 3.61. The summed E-state index contributed by atoms with van der Waals surface area (Å²) >= 11 is 0. The van der Waals surface area contributed by atoms with Crippen molar-refractivity contribution < 1.29 is 4.79 Å². The first-order valence-corrected chi connectivity index (χ1v) is 7.99. The van der Waals surface area contributed by atoms with E-state index < -0.39 is 5.54 Å². The Kier molecular flexibility index (Phi) is 5.04. The van der Waals surface area contributed by atoms with Crippen molar-refractivity contribution in [3.05, 3.63) is 0 Å². The summed E-state index contributed by atoms with van der Waals surface area (Å²) in [7, 11) is 0. The van der Waals surface area contributed by atoms with Gasteiger partial charge >= 0.3 is 0 Å². The molecule has 1 amide bonds. The molecule has 116 valence electrons. The van der Waals surface area contributed by atoms with E-state index in [1.54, 1.807) is 0 Å². The zero-order valence-corrected chi connectivity index (χ0v) is 13.2. The van der Waals surface area contributed by atoms with E-state index in [4.69, 9.17) is 5.73 Å². The number of amides is 1. The van der Waals surface area contributed by atoms with Gasteiger partial charge in [-0.05, 0) is 46.2 Å². The van der Waals surface area contributed by atoms with E-state index in [9.17, 15) is 4.79 Å². The standard InChI is InChI=1S/C15H30N4O/c1-4-7-17-15(3,14(16)20)11-19-10-13-6-5-8-18(13)9-12(19)2/h12-13,17H,4-11H2,1-3H3,(H2,16,20). The van der Waals surface area contributed by atoms with E-state index in [0.29, 0.717) is 18.6 Å². The number of hydrogen-bond donors (Lipinski definition) is 2. The van der Waals surface area contributed by atoms with Gasteiger partial charge in [0.1, 0.15) is 5.54 Å². The van der Waals surface area contributed by atoms with E-state index in [-0.39, 0.29) is 5.91 Å². The highest BCUT2D eigenvalue weighted by molar-refractivity contribution is 5.84. The van der Waals surface area contributed by atoms with Crippen LogP contribution in [0.4, 0.5) is 0 Å². The Labute approximate surface area is 122 Å². The maximum atomic E-state index is 11.9. The Hall–Kier alpha value is -0.650. The number of fused-ring (bicyclic) bond motifs is 1. The summed E-state index contributed by atoms with van der Waals surface area (Å²) in [5, 5.41) is 3.34. The Morgan fingerprint density at radius 3 is 2.85 bits per heavy atom. The van der Waals surface area contributed by atoms with Crippen molar-refractivity contribution >= 4 is 5.91 Å². The Bertz CT molecular complexity index is 349. The topological polar surface area (TPSA) is 61.6 Å². The molecule has 2 fully saturated rings. The molecule has 0 spiro atoms. The fourth-order valence-corrected chi connectivity index (χ4v) is 3.50. The third-order valence-corrected chi connectivity index (χ3v) is 4.89. The summed E-state index contributed by atoms with van der Waals surface area (Å²) < 4.78 is 0. The van der Waals surface area contributed by atoms with Crippen LogP contribution < -0.4 is 11.1 Å². The molecule has 3 N–H and O–H groups in total. The van der Waals surface area contributed by atoms with Crippen LogP contribution in [0.1, 0.15) is 40.0 Å². The molecule has 0 bridgehead atoms. The van der Waals surface area contributed by atoms with Crippen LogP contribution in [0.5, 0.6) is 0 Å². The number of piperazine rings is 1. The highest BCUT2D eigenvalue weighted by Crippen LogP contribution is 2.25. The minimum atomic E-state index is -0.620. The summed E-state index contributed by atoms with van der Waals surface area (Å²) in [6, 6.07) is 1.17. The zero-order valence-electron chi connectivity index (χ0n) is 13.2. The normalized spacial score (nSPS) is 30.9. The maximum absolute atomic E-state index is 11.9. The molecule has 3 atom stereocenters. The first-order valence-electron chi connectivity index (χ1n) is 7.99. The molecular weight excluding hydrogens is 252 g/mol. The fourth-order valence-electron chi connectivity index (χ4n) is 3.50. The average Bonchev–Trinajstić information content (AvgIpc) is 2.83. The number of nitrogens with two attached hydrogens (primary N) is 1. The molecule has 20 heavy (non-hydrogen) atoms. The van der Waals surface area contributed by atoms with Gasteiger partial charge in [-0.1, -0.05) is 6.92 Å². The van der Waals surface area contributed by atoms with E-state index in [1.165, 1.54) is 19.4 Å². The van der Waals surface area contributed by atoms with Crippen LogP contribution in [0.25, 0.3) is 0 Å². The SMILES string of the molecule is CCCNC(C)(CN1CC2CCCN2CC1C)C(N)=O. The second-order valence-corrected chi connectivity index (χ2v) is 6.69. The van der Waals surface area contributed by atoms with Crippen LogP contribution in [-0.2, 0) is 4.79 Å². The smallest absolute Gasteiger partial charge is 0.238 e. The molecule has 0 aromatic rings. The molecule has 0 radical (unpaired) electrons. The Balaban J connectivity index is 2.00. The minimum Gasteiger partial charge on any atom is -0.368 e. The van der Waals surface area contributed by atoms with Crippen LogP contribution in [0, 0.1) is 0 Å². The number of carbonyl (C=O) groups is 1. The summed E-state index contributed by atoms with van der Waals surface area (Å²) in [5.41, 5.74) is 5.02. The first kappa shape index (κ1) is 15.7. The second kappa shape index (κ2) is 6.41. The largest absolute Gasteiger partial charge is 0.368 e. The zero-order chi connectivity index (χ0) is 14.8.